The van der Waals surface area contributed by atoms with E-state index in [4.69, 9.17) is 26.7 Å². The van der Waals surface area contributed by atoms with Crippen molar-refractivity contribution in [1.29, 1.82) is 0 Å². The third-order valence-corrected chi connectivity index (χ3v) is 5.57. The first kappa shape index (κ1) is 16.7. The molecule has 6 nitrogen and oxygen atoms in total. The number of anilines is 1. The minimum absolute atomic E-state index is 0.123. The lowest BCUT2D eigenvalue weighted by Crippen LogP contribution is -2.33. The van der Waals surface area contributed by atoms with Crippen LogP contribution in [0.2, 0.25) is 5.02 Å². The van der Waals surface area contributed by atoms with Crippen LogP contribution in [0.3, 0.4) is 0 Å². The standard InChI is InChI=1S/C20H19ClN4O2/c21-13-3-4-17-14(7-13)18(26)15(19(22)27-17)10-25-6-5-16-12(9-25)8-23-20(24-16)11-1-2-11/h3-4,7-8,11H,1-2,5-6,9-10,22H2. The Hall–Kier alpha value is -2.44. The molecule has 2 aromatic heterocycles. The maximum absolute atomic E-state index is 12.9. The van der Waals surface area contributed by atoms with E-state index in [-0.39, 0.29) is 11.3 Å². The van der Waals surface area contributed by atoms with Crippen molar-refractivity contribution in [3.8, 4) is 0 Å². The van der Waals surface area contributed by atoms with Gasteiger partial charge in [0.05, 0.1) is 10.9 Å². The Morgan fingerprint density at radius 3 is 3.00 bits per heavy atom. The molecule has 1 saturated carbocycles. The summed E-state index contributed by atoms with van der Waals surface area (Å²) in [6, 6.07) is 4.99. The van der Waals surface area contributed by atoms with E-state index in [1.807, 2.05) is 6.20 Å². The van der Waals surface area contributed by atoms with Crippen molar-refractivity contribution in [3.63, 3.8) is 0 Å². The number of nitrogens with two attached hydrogens (primary N) is 1. The smallest absolute Gasteiger partial charge is 0.199 e. The van der Waals surface area contributed by atoms with Crippen LogP contribution in [0.1, 0.15) is 41.4 Å². The highest BCUT2D eigenvalue weighted by atomic mass is 35.5. The van der Waals surface area contributed by atoms with Gasteiger partial charge in [0.2, 0.25) is 0 Å². The summed E-state index contributed by atoms with van der Waals surface area (Å²) in [5, 5.41) is 0.961. The van der Waals surface area contributed by atoms with Crippen LogP contribution in [0.5, 0.6) is 0 Å². The molecule has 0 saturated heterocycles. The van der Waals surface area contributed by atoms with Crippen molar-refractivity contribution in [3.05, 3.63) is 62.3 Å². The molecule has 27 heavy (non-hydrogen) atoms. The van der Waals surface area contributed by atoms with E-state index >= 15 is 0 Å². The van der Waals surface area contributed by atoms with Gasteiger partial charge < -0.3 is 10.2 Å². The van der Waals surface area contributed by atoms with Crippen LogP contribution < -0.4 is 11.2 Å². The van der Waals surface area contributed by atoms with E-state index in [1.165, 1.54) is 12.8 Å². The van der Waals surface area contributed by atoms with Crippen LogP contribution in [0.15, 0.2) is 33.6 Å². The Kier molecular flexibility index (Phi) is 3.91. The van der Waals surface area contributed by atoms with E-state index in [1.54, 1.807) is 18.2 Å². The van der Waals surface area contributed by atoms with Crippen LogP contribution >= 0.6 is 11.6 Å². The highest BCUT2D eigenvalue weighted by Gasteiger charge is 2.28. The van der Waals surface area contributed by atoms with E-state index in [2.05, 4.69) is 9.88 Å². The molecule has 3 aromatic rings. The molecule has 0 amide bonds. The molecule has 1 fully saturated rings. The van der Waals surface area contributed by atoms with Gasteiger partial charge in [0.15, 0.2) is 11.3 Å². The number of hydrogen-bond acceptors (Lipinski definition) is 6. The first-order chi connectivity index (χ1) is 13.1. The van der Waals surface area contributed by atoms with Gasteiger partial charge in [-0.25, -0.2) is 9.97 Å². The summed E-state index contributed by atoms with van der Waals surface area (Å²) >= 11 is 6.03. The normalized spacial score (nSPS) is 17.2. The molecule has 2 aliphatic rings. The highest BCUT2D eigenvalue weighted by Crippen LogP contribution is 2.38. The zero-order valence-corrected chi connectivity index (χ0v) is 15.5. The number of nitrogens with zero attached hydrogens (tertiary/aromatic N) is 3. The molecular weight excluding hydrogens is 364 g/mol. The van der Waals surface area contributed by atoms with Gasteiger partial charge in [-0.1, -0.05) is 11.6 Å². The molecule has 1 aromatic carbocycles. The summed E-state index contributed by atoms with van der Waals surface area (Å²) in [7, 11) is 0. The van der Waals surface area contributed by atoms with Crippen LogP contribution in [0.25, 0.3) is 11.0 Å². The fraction of sp³-hybridized carbons (Fsp3) is 0.350. The quantitative estimate of drug-likeness (QED) is 0.748. The van der Waals surface area contributed by atoms with E-state index in [0.717, 1.165) is 30.0 Å². The monoisotopic (exact) mass is 382 g/mol. The zero-order chi connectivity index (χ0) is 18.5. The van der Waals surface area contributed by atoms with Gasteiger partial charge in [0, 0.05) is 54.4 Å². The third-order valence-electron chi connectivity index (χ3n) is 5.33. The summed E-state index contributed by atoms with van der Waals surface area (Å²) in [4.78, 5) is 24.3. The van der Waals surface area contributed by atoms with E-state index in [9.17, 15) is 4.79 Å². The summed E-state index contributed by atoms with van der Waals surface area (Å²) in [6.45, 7) is 1.95. The second-order valence-electron chi connectivity index (χ2n) is 7.35. The number of fused-ring (bicyclic) bond motifs is 2. The topological polar surface area (TPSA) is 85.2 Å². The molecule has 2 N–H and O–H groups in total. The van der Waals surface area contributed by atoms with Crippen LogP contribution in [0.4, 0.5) is 5.88 Å². The number of nitrogen functional groups attached to an aromatic ring is 1. The van der Waals surface area contributed by atoms with Gasteiger partial charge in [0.1, 0.15) is 11.4 Å². The first-order valence-electron chi connectivity index (χ1n) is 9.16. The lowest BCUT2D eigenvalue weighted by atomic mass is 10.1. The van der Waals surface area contributed by atoms with Gasteiger partial charge >= 0.3 is 0 Å². The van der Waals surface area contributed by atoms with Crippen LogP contribution in [0, 0.1) is 0 Å². The summed E-state index contributed by atoms with van der Waals surface area (Å²) in [6.07, 6.45) is 5.19. The fourth-order valence-electron chi connectivity index (χ4n) is 3.66. The summed E-state index contributed by atoms with van der Waals surface area (Å²) in [5.41, 5.74) is 9.11. The van der Waals surface area contributed by atoms with Gasteiger partial charge in [-0.05, 0) is 31.0 Å². The van der Waals surface area contributed by atoms with Gasteiger partial charge in [-0.15, -0.1) is 0 Å². The van der Waals surface area contributed by atoms with Crippen LogP contribution in [-0.4, -0.2) is 21.4 Å². The Balaban J connectivity index is 1.43. The number of rotatable bonds is 3. The minimum atomic E-state index is -0.123. The van der Waals surface area contributed by atoms with Crippen molar-refractivity contribution < 1.29 is 4.42 Å². The molecule has 7 heteroatoms. The molecule has 0 spiro atoms. The summed E-state index contributed by atoms with van der Waals surface area (Å²) in [5.74, 6) is 1.71. The number of hydrogen-bond donors (Lipinski definition) is 1. The predicted octanol–water partition coefficient (Wildman–Crippen LogP) is 3.25. The predicted molar refractivity (Wildman–Crippen MR) is 104 cm³/mol. The zero-order valence-electron chi connectivity index (χ0n) is 14.7. The Bertz CT molecular complexity index is 1110. The van der Waals surface area contributed by atoms with Crippen molar-refractivity contribution in [1.82, 2.24) is 14.9 Å². The van der Waals surface area contributed by atoms with Crippen molar-refractivity contribution >= 4 is 28.5 Å². The average molecular weight is 383 g/mol. The lowest BCUT2D eigenvalue weighted by Gasteiger charge is -2.28. The van der Waals surface area contributed by atoms with E-state index in [0.29, 0.717) is 40.6 Å². The Morgan fingerprint density at radius 2 is 2.19 bits per heavy atom. The third kappa shape index (κ3) is 3.09. The molecule has 0 bridgehead atoms. The molecule has 5 rings (SSSR count). The van der Waals surface area contributed by atoms with Gasteiger partial charge in [0.25, 0.3) is 0 Å². The van der Waals surface area contributed by atoms with Gasteiger partial charge in [-0.2, -0.15) is 0 Å². The maximum atomic E-state index is 12.9. The SMILES string of the molecule is Nc1oc2ccc(Cl)cc2c(=O)c1CN1CCc2nc(C3CC3)ncc2C1. The van der Waals surface area contributed by atoms with Crippen molar-refractivity contribution in [2.75, 3.05) is 12.3 Å². The molecular formula is C20H19ClN4O2. The second-order valence-corrected chi connectivity index (χ2v) is 7.79. The summed E-state index contributed by atoms with van der Waals surface area (Å²) < 4.78 is 5.66. The molecule has 3 heterocycles. The Morgan fingerprint density at radius 1 is 1.33 bits per heavy atom. The van der Waals surface area contributed by atoms with Gasteiger partial charge in [-0.3, -0.25) is 9.69 Å². The second kappa shape index (κ2) is 6.32. The molecule has 138 valence electrons. The van der Waals surface area contributed by atoms with Crippen LogP contribution in [-0.2, 0) is 19.5 Å². The van der Waals surface area contributed by atoms with Crippen molar-refractivity contribution in [2.24, 2.45) is 0 Å². The van der Waals surface area contributed by atoms with E-state index < -0.39 is 0 Å². The largest absolute Gasteiger partial charge is 0.440 e. The molecule has 0 atom stereocenters. The number of halogens is 1. The lowest BCUT2D eigenvalue weighted by molar-refractivity contribution is 0.241. The number of benzene rings is 1. The molecule has 0 radical (unpaired) electrons. The highest BCUT2D eigenvalue weighted by molar-refractivity contribution is 6.31. The number of aromatic nitrogens is 2. The maximum Gasteiger partial charge on any atom is 0.199 e. The average Bonchev–Trinajstić information content (AvgIpc) is 3.51. The molecule has 0 unspecified atom stereocenters. The Labute approximate surface area is 161 Å². The molecule has 1 aliphatic heterocycles. The fourth-order valence-corrected chi connectivity index (χ4v) is 3.83. The molecule has 1 aliphatic carbocycles. The first-order valence-corrected chi connectivity index (χ1v) is 9.54. The minimum Gasteiger partial charge on any atom is -0.440 e. The van der Waals surface area contributed by atoms with Crippen molar-refractivity contribution in [2.45, 2.75) is 38.3 Å².